The van der Waals surface area contributed by atoms with E-state index in [4.69, 9.17) is 0 Å². The molecule has 1 aromatic heterocycles. The van der Waals surface area contributed by atoms with Crippen LogP contribution in [-0.2, 0) is 11.8 Å². The van der Waals surface area contributed by atoms with Crippen LogP contribution in [0.5, 0.6) is 0 Å². The normalized spacial score (nSPS) is 19.3. The van der Waals surface area contributed by atoms with Crippen molar-refractivity contribution in [3.63, 3.8) is 0 Å². The highest BCUT2D eigenvalue weighted by Gasteiger charge is 2.49. The van der Waals surface area contributed by atoms with Gasteiger partial charge in [-0.15, -0.1) is 0 Å². The summed E-state index contributed by atoms with van der Waals surface area (Å²) >= 11 is 0. The average molecular weight is 747 g/mol. The number of anilines is 3. The molecule has 1 heterocycles. The van der Waals surface area contributed by atoms with Gasteiger partial charge in [-0.3, -0.25) is 0 Å². The molecule has 0 fully saturated rings. The molecule has 0 saturated carbocycles. The average Bonchev–Trinajstić information content (AvgIpc) is 3.78. The largest absolute Gasteiger partial charge is 0.310 e. The molecule has 6 aromatic carbocycles. The lowest BCUT2D eigenvalue weighted by atomic mass is 9.61. The third kappa shape index (κ3) is 5.71. The lowest BCUT2D eigenvalue weighted by molar-refractivity contribution is 0.456. The van der Waals surface area contributed by atoms with E-state index < -0.39 is 5.41 Å². The second-order valence-electron chi connectivity index (χ2n) is 15.6. The zero-order valence-electron chi connectivity index (χ0n) is 32.9. The Morgan fingerprint density at radius 2 is 1.41 bits per heavy atom. The van der Waals surface area contributed by atoms with Gasteiger partial charge in [0.05, 0.1) is 10.9 Å². The minimum absolute atomic E-state index is 0.222. The molecule has 3 aliphatic rings. The Kier molecular flexibility index (Phi) is 9.11. The smallest absolute Gasteiger partial charge is 0.0537 e. The quantitative estimate of drug-likeness (QED) is 0.134. The summed E-state index contributed by atoms with van der Waals surface area (Å²) in [5.74, 6) is 0.500. The van der Waals surface area contributed by atoms with Gasteiger partial charge in [-0.1, -0.05) is 158 Å². The van der Waals surface area contributed by atoms with Gasteiger partial charge >= 0.3 is 0 Å². The van der Waals surface area contributed by atoms with Gasteiger partial charge in [-0.2, -0.15) is 0 Å². The first-order chi connectivity index (χ1) is 28.7. The van der Waals surface area contributed by atoms with Crippen molar-refractivity contribution in [2.45, 2.75) is 31.1 Å². The van der Waals surface area contributed by atoms with Crippen molar-refractivity contribution in [2.75, 3.05) is 4.90 Å². The number of fused-ring (bicyclic) bond motifs is 6. The first kappa shape index (κ1) is 35.5. The number of hydrogen-bond donors (Lipinski definition) is 0. The molecular weight excluding hydrogens is 701 g/mol. The second kappa shape index (κ2) is 14.9. The van der Waals surface area contributed by atoms with E-state index in [2.05, 4.69) is 235 Å². The Hall–Kier alpha value is -6.90. The standard InChI is InChI=1S/C56H46N2/c1-3-5-19-42(4-2)56(43-20-9-6-10-21-43)52-28-17-15-26-48(52)49-36-35-47(39-53(49)56)57(44-22-11-7-12-23-44)46-33-30-40(31-34-46)41-32-37-55-51(38-41)50-27-16-18-29-54(50)58(55)45-24-13-8-14-25-45/h3-20,22-37,39,41,43H,2,21,38H2,1H3/b5-3-,42-19+. The molecule has 2 heteroatoms. The van der Waals surface area contributed by atoms with Crippen molar-refractivity contribution in [3.8, 4) is 16.8 Å². The fraction of sp³-hybridized carbons (Fsp3) is 0.107. The summed E-state index contributed by atoms with van der Waals surface area (Å²) < 4.78 is 2.41. The molecule has 0 saturated heterocycles. The van der Waals surface area contributed by atoms with E-state index in [-0.39, 0.29) is 11.8 Å². The number of hydrogen-bond acceptors (Lipinski definition) is 1. The van der Waals surface area contributed by atoms with Crippen LogP contribution in [-0.4, -0.2) is 4.57 Å². The maximum Gasteiger partial charge on any atom is 0.0537 e. The molecular formula is C56H46N2. The van der Waals surface area contributed by atoms with Crippen LogP contribution in [0.3, 0.4) is 0 Å². The number of nitrogens with zero attached hydrogens (tertiary/aromatic N) is 2. The summed E-state index contributed by atoms with van der Waals surface area (Å²) in [7, 11) is 0. The second-order valence-corrected chi connectivity index (χ2v) is 15.6. The highest BCUT2D eigenvalue weighted by atomic mass is 15.1. The Bertz CT molecular complexity index is 2810. The van der Waals surface area contributed by atoms with Crippen LogP contribution in [0.2, 0.25) is 0 Å². The predicted octanol–water partition coefficient (Wildman–Crippen LogP) is 14.5. The zero-order chi connectivity index (χ0) is 39.1. The first-order valence-electron chi connectivity index (χ1n) is 20.6. The van der Waals surface area contributed by atoms with Crippen LogP contribution >= 0.6 is 0 Å². The van der Waals surface area contributed by atoms with Crippen LogP contribution in [0.4, 0.5) is 17.1 Å². The summed E-state index contributed by atoms with van der Waals surface area (Å²) in [4.78, 5) is 2.42. The molecule has 10 rings (SSSR count). The fourth-order valence-corrected chi connectivity index (χ4v) is 10.0. The Balaban J connectivity index is 1.07. The van der Waals surface area contributed by atoms with Crippen LogP contribution < -0.4 is 4.90 Å². The third-order valence-corrected chi connectivity index (χ3v) is 12.5. The Morgan fingerprint density at radius 1 is 0.707 bits per heavy atom. The van der Waals surface area contributed by atoms with Gasteiger partial charge in [0, 0.05) is 39.7 Å². The monoisotopic (exact) mass is 746 g/mol. The lowest BCUT2D eigenvalue weighted by Gasteiger charge is -2.40. The van der Waals surface area contributed by atoms with E-state index in [1.165, 1.54) is 61.2 Å². The topological polar surface area (TPSA) is 8.17 Å². The van der Waals surface area contributed by atoms with Crippen molar-refractivity contribution < 1.29 is 0 Å². The Labute approximate surface area is 342 Å². The maximum absolute atomic E-state index is 4.43. The maximum atomic E-state index is 4.43. The van der Waals surface area contributed by atoms with Crippen LogP contribution in [0, 0.1) is 5.92 Å². The third-order valence-electron chi connectivity index (χ3n) is 12.5. The summed E-state index contributed by atoms with van der Waals surface area (Å²) in [6, 6.07) is 55.8. The van der Waals surface area contributed by atoms with Gasteiger partial charge < -0.3 is 9.47 Å². The molecule has 3 unspecified atom stereocenters. The van der Waals surface area contributed by atoms with Crippen LogP contribution in [0.1, 0.15) is 47.2 Å². The van der Waals surface area contributed by atoms with E-state index in [0.717, 1.165) is 29.9 Å². The number of rotatable bonds is 9. The fourth-order valence-electron chi connectivity index (χ4n) is 10.0. The van der Waals surface area contributed by atoms with Crippen molar-refractivity contribution in [3.05, 3.63) is 246 Å². The summed E-state index contributed by atoms with van der Waals surface area (Å²) in [6.45, 7) is 6.51. The number of para-hydroxylation sites is 3. The van der Waals surface area contributed by atoms with E-state index in [0.29, 0.717) is 0 Å². The number of benzene rings is 6. The first-order valence-corrected chi connectivity index (χ1v) is 20.6. The highest BCUT2D eigenvalue weighted by Crippen LogP contribution is 2.59. The van der Waals surface area contributed by atoms with Gasteiger partial charge in [0.2, 0.25) is 0 Å². The van der Waals surface area contributed by atoms with E-state index in [1.807, 2.05) is 0 Å². The van der Waals surface area contributed by atoms with Crippen LogP contribution in [0.15, 0.2) is 218 Å². The van der Waals surface area contributed by atoms with Crippen molar-refractivity contribution in [1.29, 1.82) is 0 Å². The molecule has 2 nitrogen and oxygen atoms in total. The molecule has 58 heavy (non-hydrogen) atoms. The molecule has 3 aliphatic carbocycles. The molecule has 0 amide bonds. The zero-order valence-corrected chi connectivity index (χ0v) is 32.9. The van der Waals surface area contributed by atoms with Gasteiger partial charge in [0.15, 0.2) is 0 Å². The molecule has 0 bridgehead atoms. The van der Waals surface area contributed by atoms with Crippen molar-refractivity contribution in [1.82, 2.24) is 4.57 Å². The SMILES string of the molecule is C=C/C(=C\C=C/C)C1(C2C=CC=CC2)c2ccccc2-c2ccc(N(c3ccccc3)c3ccc(C4C=Cc5c(c6ccccc6n5-c5ccccc5)C4)cc3)cc21. The summed E-state index contributed by atoms with van der Waals surface area (Å²) in [5, 5.41) is 1.33. The minimum atomic E-state index is -0.410. The molecule has 0 spiro atoms. The van der Waals surface area contributed by atoms with E-state index in [9.17, 15) is 0 Å². The molecule has 0 N–H and O–H groups in total. The highest BCUT2D eigenvalue weighted by molar-refractivity contribution is 5.91. The Morgan fingerprint density at radius 3 is 2.19 bits per heavy atom. The van der Waals surface area contributed by atoms with Gasteiger partial charge in [-0.05, 0) is 125 Å². The van der Waals surface area contributed by atoms with E-state index in [1.54, 1.807) is 0 Å². The van der Waals surface area contributed by atoms with Crippen LogP contribution in [0.25, 0.3) is 33.8 Å². The molecule has 0 aliphatic heterocycles. The number of allylic oxidation sites excluding steroid dienone is 10. The summed E-state index contributed by atoms with van der Waals surface area (Å²) in [5.41, 5.74) is 15.9. The van der Waals surface area contributed by atoms with E-state index >= 15 is 0 Å². The molecule has 7 aromatic rings. The van der Waals surface area contributed by atoms with Gasteiger partial charge in [0.25, 0.3) is 0 Å². The molecule has 280 valence electrons. The lowest BCUT2D eigenvalue weighted by Crippen LogP contribution is -2.36. The molecule has 3 atom stereocenters. The number of aromatic nitrogens is 1. The van der Waals surface area contributed by atoms with Crippen molar-refractivity contribution in [2.24, 2.45) is 5.92 Å². The summed E-state index contributed by atoms with van der Waals surface area (Å²) in [6.07, 6.45) is 24.4. The van der Waals surface area contributed by atoms with Gasteiger partial charge in [-0.25, -0.2) is 0 Å². The minimum Gasteiger partial charge on any atom is -0.310 e. The predicted molar refractivity (Wildman–Crippen MR) is 246 cm³/mol. The van der Waals surface area contributed by atoms with Gasteiger partial charge in [0.1, 0.15) is 0 Å². The van der Waals surface area contributed by atoms with Crippen molar-refractivity contribution >= 4 is 34.0 Å². The molecule has 0 radical (unpaired) electrons.